The Morgan fingerprint density at radius 3 is 2.40 bits per heavy atom. The number of anilines is 1. The Morgan fingerprint density at radius 2 is 1.84 bits per heavy atom. The summed E-state index contributed by atoms with van der Waals surface area (Å²) < 4.78 is 40.5. The number of amides is 1. The first-order valence-electron chi connectivity index (χ1n) is 7.84. The molecule has 25 heavy (non-hydrogen) atoms. The predicted octanol–water partition coefficient (Wildman–Crippen LogP) is 2.10. The maximum absolute atomic E-state index is 12.9. The van der Waals surface area contributed by atoms with Crippen molar-refractivity contribution in [1.82, 2.24) is 19.4 Å². The third-order valence-corrected chi connectivity index (χ3v) is 4.15. The number of aryl methyl sites for hydroxylation is 2. The smallest absolute Gasteiger partial charge is 0.347 e. The number of hydrogen-bond acceptors (Lipinski definition) is 4. The summed E-state index contributed by atoms with van der Waals surface area (Å²) in [6.45, 7) is 3.09. The van der Waals surface area contributed by atoms with E-state index >= 15 is 0 Å². The molecule has 3 heterocycles. The van der Waals surface area contributed by atoms with E-state index in [1.165, 1.54) is 6.92 Å². The first-order valence-corrected chi connectivity index (χ1v) is 7.84. The van der Waals surface area contributed by atoms with Crippen LogP contribution in [0.1, 0.15) is 21.9 Å². The van der Waals surface area contributed by atoms with Crippen molar-refractivity contribution in [2.75, 3.05) is 31.1 Å². The van der Waals surface area contributed by atoms with Gasteiger partial charge in [-0.2, -0.15) is 13.2 Å². The average molecular weight is 353 g/mol. The molecule has 1 aliphatic rings. The number of hydrogen-bond donors (Lipinski definition) is 0. The molecule has 0 spiro atoms. The SMILES string of the molecule is Cc1cc(C(F)(F)F)nc(N2CCN(C(=O)c3cccn3C)CC2)n1. The molecule has 0 atom stereocenters. The van der Waals surface area contributed by atoms with Gasteiger partial charge < -0.3 is 14.4 Å². The van der Waals surface area contributed by atoms with Crippen molar-refractivity contribution < 1.29 is 18.0 Å². The first-order chi connectivity index (χ1) is 11.8. The summed E-state index contributed by atoms with van der Waals surface area (Å²) in [5, 5.41) is 0. The highest BCUT2D eigenvalue weighted by Crippen LogP contribution is 2.29. The molecule has 1 aliphatic heterocycles. The van der Waals surface area contributed by atoms with E-state index in [1.807, 2.05) is 0 Å². The van der Waals surface area contributed by atoms with Gasteiger partial charge in [-0.25, -0.2) is 9.97 Å². The monoisotopic (exact) mass is 353 g/mol. The predicted molar refractivity (Wildman–Crippen MR) is 85.3 cm³/mol. The maximum atomic E-state index is 12.9. The van der Waals surface area contributed by atoms with E-state index < -0.39 is 11.9 Å². The number of nitrogens with zero attached hydrogens (tertiary/aromatic N) is 5. The second-order valence-electron chi connectivity index (χ2n) is 5.98. The zero-order valence-corrected chi connectivity index (χ0v) is 13.9. The third-order valence-electron chi connectivity index (χ3n) is 4.15. The molecule has 1 saturated heterocycles. The molecule has 0 bridgehead atoms. The average Bonchev–Trinajstić information content (AvgIpc) is 2.99. The van der Waals surface area contributed by atoms with Crippen LogP contribution in [0.4, 0.5) is 19.1 Å². The topological polar surface area (TPSA) is 54.3 Å². The Kier molecular flexibility index (Phi) is 4.40. The number of carbonyl (C=O) groups is 1. The minimum Gasteiger partial charge on any atom is -0.347 e. The summed E-state index contributed by atoms with van der Waals surface area (Å²) in [4.78, 5) is 23.6. The van der Waals surface area contributed by atoms with Gasteiger partial charge in [0.15, 0.2) is 0 Å². The molecule has 3 rings (SSSR count). The fourth-order valence-corrected chi connectivity index (χ4v) is 2.79. The van der Waals surface area contributed by atoms with Crippen LogP contribution in [0.15, 0.2) is 24.4 Å². The number of piperazine rings is 1. The van der Waals surface area contributed by atoms with Crippen LogP contribution in [0.25, 0.3) is 0 Å². The van der Waals surface area contributed by atoms with Crippen molar-refractivity contribution in [3.8, 4) is 0 Å². The lowest BCUT2D eigenvalue weighted by molar-refractivity contribution is -0.141. The zero-order chi connectivity index (χ0) is 18.2. The maximum Gasteiger partial charge on any atom is 0.433 e. The Bertz CT molecular complexity index is 778. The molecule has 0 aromatic carbocycles. The van der Waals surface area contributed by atoms with Crippen LogP contribution in [-0.4, -0.2) is 51.5 Å². The second kappa shape index (κ2) is 6.38. The van der Waals surface area contributed by atoms with E-state index in [0.29, 0.717) is 31.9 Å². The summed E-state index contributed by atoms with van der Waals surface area (Å²) >= 11 is 0. The highest BCUT2D eigenvalue weighted by Gasteiger charge is 2.34. The van der Waals surface area contributed by atoms with Crippen LogP contribution in [0.5, 0.6) is 0 Å². The molecule has 1 fully saturated rings. The summed E-state index contributed by atoms with van der Waals surface area (Å²) in [5.74, 6) is -0.0356. The Labute approximate surface area is 142 Å². The van der Waals surface area contributed by atoms with Crippen molar-refractivity contribution in [1.29, 1.82) is 0 Å². The van der Waals surface area contributed by atoms with Crippen molar-refractivity contribution >= 4 is 11.9 Å². The van der Waals surface area contributed by atoms with E-state index in [0.717, 1.165) is 6.07 Å². The zero-order valence-electron chi connectivity index (χ0n) is 13.9. The van der Waals surface area contributed by atoms with Gasteiger partial charge in [0.05, 0.1) is 0 Å². The summed E-state index contributed by atoms with van der Waals surface area (Å²) in [5.41, 5.74) is -0.100. The molecule has 9 heteroatoms. The van der Waals surface area contributed by atoms with Crippen molar-refractivity contribution in [3.05, 3.63) is 41.5 Å². The van der Waals surface area contributed by atoms with Gasteiger partial charge in [0.1, 0.15) is 11.4 Å². The van der Waals surface area contributed by atoms with E-state index in [1.54, 1.807) is 39.7 Å². The fourth-order valence-electron chi connectivity index (χ4n) is 2.79. The van der Waals surface area contributed by atoms with Gasteiger partial charge in [0.25, 0.3) is 5.91 Å². The molecule has 0 N–H and O–H groups in total. The minimum absolute atomic E-state index is 0.0540. The Balaban J connectivity index is 1.71. The van der Waals surface area contributed by atoms with Crippen LogP contribution in [0, 0.1) is 6.92 Å². The van der Waals surface area contributed by atoms with E-state index in [9.17, 15) is 18.0 Å². The van der Waals surface area contributed by atoms with Gasteiger partial charge in [-0.3, -0.25) is 4.79 Å². The molecule has 0 aliphatic carbocycles. The van der Waals surface area contributed by atoms with Gasteiger partial charge >= 0.3 is 6.18 Å². The summed E-state index contributed by atoms with van der Waals surface area (Å²) in [7, 11) is 1.79. The fraction of sp³-hybridized carbons (Fsp3) is 0.438. The molecule has 0 unspecified atom stereocenters. The van der Waals surface area contributed by atoms with E-state index in [4.69, 9.17) is 0 Å². The van der Waals surface area contributed by atoms with Gasteiger partial charge in [0.2, 0.25) is 5.95 Å². The quantitative estimate of drug-likeness (QED) is 0.830. The molecule has 134 valence electrons. The number of alkyl halides is 3. The number of carbonyl (C=O) groups excluding carboxylic acids is 1. The third kappa shape index (κ3) is 3.59. The lowest BCUT2D eigenvalue weighted by Crippen LogP contribution is -2.49. The largest absolute Gasteiger partial charge is 0.433 e. The van der Waals surface area contributed by atoms with E-state index in [-0.39, 0.29) is 17.5 Å². The lowest BCUT2D eigenvalue weighted by Gasteiger charge is -2.35. The molecular formula is C16H18F3N5O. The lowest BCUT2D eigenvalue weighted by atomic mass is 10.2. The molecule has 1 amide bonds. The van der Waals surface area contributed by atoms with E-state index in [2.05, 4.69) is 9.97 Å². The van der Waals surface area contributed by atoms with Gasteiger partial charge in [0, 0.05) is 45.1 Å². The summed E-state index contributed by atoms with van der Waals surface area (Å²) in [6, 6.07) is 4.47. The standard InChI is InChI=1S/C16H18F3N5O/c1-11-10-13(16(17,18)19)21-15(20-11)24-8-6-23(7-9-24)14(25)12-4-3-5-22(12)2/h3-5,10H,6-9H2,1-2H3. The van der Waals surface area contributed by atoms with Crippen LogP contribution in [0.3, 0.4) is 0 Å². The molecule has 2 aromatic rings. The van der Waals surface area contributed by atoms with Gasteiger partial charge in [-0.1, -0.05) is 0 Å². The minimum atomic E-state index is -4.51. The van der Waals surface area contributed by atoms with Crippen LogP contribution in [0.2, 0.25) is 0 Å². The number of halogens is 3. The van der Waals surface area contributed by atoms with Crippen LogP contribution in [-0.2, 0) is 13.2 Å². The highest BCUT2D eigenvalue weighted by molar-refractivity contribution is 5.92. The number of aromatic nitrogens is 3. The Hall–Kier alpha value is -2.58. The highest BCUT2D eigenvalue weighted by atomic mass is 19.4. The molecule has 0 saturated carbocycles. The Morgan fingerprint density at radius 1 is 1.16 bits per heavy atom. The van der Waals surface area contributed by atoms with Crippen molar-refractivity contribution in [3.63, 3.8) is 0 Å². The van der Waals surface area contributed by atoms with Crippen LogP contribution < -0.4 is 4.90 Å². The molecular weight excluding hydrogens is 335 g/mol. The molecule has 6 nitrogen and oxygen atoms in total. The second-order valence-corrected chi connectivity index (χ2v) is 5.98. The van der Waals surface area contributed by atoms with Crippen LogP contribution >= 0.6 is 0 Å². The van der Waals surface area contributed by atoms with Gasteiger partial charge in [-0.05, 0) is 25.1 Å². The molecule has 0 radical (unpaired) electrons. The molecule has 2 aromatic heterocycles. The first kappa shape index (κ1) is 17.2. The normalized spacial score (nSPS) is 15.6. The number of rotatable bonds is 2. The van der Waals surface area contributed by atoms with Crippen molar-refractivity contribution in [2.45, 2.75) is 13.1 Å². The summed E-state index contributed by atoms with van der Waals surface area (Å²) in [6.07, 6.45) is -2.71. The van der Waals surface area contributed by atoms with Crippen molar-refractivity contribution in [2.24, 2.45) is 7.05 Å². The van der Waals surface area contributed by atoms with Gasteiger partial charge in [-0.15, -0.1) is 0 Å².